The van der Waals surface area contributed by atoms with Gasteiger partial charge in [0, 0.05) is 11.6 Å². The first-order chi connectivity index (χ1) is 14.1. The van der Waals surface area contributed by atoms with Gasteiger partial charge >= 0.3 is 0 Å². The maximum Gasteiger partial charge on any atom is 0.277 e. The van der Waals surface area contributed by atoms with E-state index in [0.717, 1.165) is 24.8 Å². The van der Waals surface area contributed by atoms with Gasteiger partial charge in [-0.05, 0) is 55.5 Å². The highest BCUT2D eigenvalue weighted by molar-refractivity contribution is 8.00. The molecule has 4 rings (SSSR count). The van der Waals surface area contributed by atoms with E-state index in [2.05, 4.69) is 16.3 Å². The van der Waals surface area contributed by atoms with Gasteiger partial charge in [-0.15, -0.1) is 10.2 Å². The van der Waals surface area contributed by atoms with E-state index < -0.39 is 0 Å². The molecule has 0 fully saturated rings. The molecule has 0 aliphatic heterocycles. The molecule has 1 aromatic heterocycles. The Kier molecular flexibility index (Phi) is 5.58. The molecule has 0 bridgehead atoms. The molecule has 2 aromatic carbocycles. The molecular formula is C22H22N2O4S. The molecule has 29 heavy (non-hydrogen) atoms. The molecule has 1 atom stereocenters. The molecule has 0 saturated heterocycles. The number of aromatic nitrogens is 2. The third-order valence-corrected chi connectivity index (χ3v) is 6.01. The number of benzene rings is 2. The van der Waals surface area contributed by atoms with E-state index >= 15 is 0 Å². The summed E-state index contributed by atoms with van der Waals surface area (Å²) in [5.41, 5.74) is 4.06. The van der Waals surface area contributed by atoms with Gasteiger partial charge in [-0.2, -0.15) is 0 Å². The van der Waals surface area contributed by atoms with Crippen molar-refractivity contribution in [1.29, 1.82) is 0 Å². The predicted octanol–water partition coefficient (Wildman–Crippen LogP) is 4.61. The molecule has 6 nitrogen and oxygen atoms in total. The van der Waals surface area contributed by atoms with Gasteiger partial charge in [0.1, 0.15) is 11.5 Å². The van der Waals surface area contributed by atoms with Crippen LogP contribution in [-0.2, 0) is 12.8 Å². The van der Waals surface area contributed by atoms with E-state index in [1.54, 1.807) is 32.4 Å². The Balaban J connectivity index is 1.49. The number of ketones is 1. The number of hydrogen-bond acceptors (Lipinski definition) is 7. The molecule has 0 N–H and O–H groups in total. The maximum atomic E-state index is 12.9. The monoisotopic (exact) mass is 410 g/mol. The molecule has 0 radical (unpaired) electrons. The minimum Gasteiger partial charge on any atom is -0.497 e. The van der Waals surface area contributed by atoms with Crippen LogP contribution in [-0.4, -0.2) is 35.5 Å². The Morgan fingerprint density at radius 1 is 1.07 bits per heavy atom. The highest BCUT2D eigenvalue weighted by Gasteiger charge is 2.22. The van der Waals surface area contributed by atoms with Gasteiger partial charge in [0.15, 0.2) is 5.78 Å². The average molecular weight is 410 g/mol. The minimum atomic E-state index is -0.333. The van der Waals surface area contributed by atoms with Crippen LogP contribution in [0.5, 0.6) is 11.5 Å². The second-order valence-electron chi connectivity index (χ2n) is 6.90. The number of thioether (sulfide) groups is 1. The predicted molar refractivity (Wildman–Crippen MR) is 111 cm³/mol. The Bertz CT molecular complexity index is 1050. The molecule has 1 heterocycles. The fourth-order valence-electron chi connectivity index (χ4n) is 3.51. The van der Waals surface area contributed by atoms with Gasteiger partial charge in [-0.25, -0.2) is 0 Å². The highest BCUT2D eigenvalue weighted by atomic mass is 32.2. The lowest BCUT2D eigenvalue weighted by Crippen LogP contribution is -2.13. The molecule has 0 spiro atoms. The Morgan fingerprint density at radius 3 is 2.69 bits per heavy atom. The van der Waals surface area contributed by atoms with Gasteiger partial charge in [0.25, 0.3) is 11.1 Å². The summed E-state index contributed by atoms with van der Waals surface area (Å²) in [7, 11) is 3.16. The lowest BCUT2D eigenvalue weighted by molar-refractivity contribution is 0.0993. The Morgan fingerprint density at radius 2 is 1.90 bits per heavy atom. The van der Waals surface area contributed by atoms with Crippen LogP contribution in [0.1, 0.15) is 34.8 Å². The lowest BCUT2D eigenvalue weighted by Gasteiger charge is -2.09. The zero-order valence-electron chi connectivity index (χ0n) is 16.6. The summed E-state index contributed by atoms with van der Waals surface area (Å²) in [5.74, 6) is 1.65. The van der Waals surface area contributed by atoms with Crippen LogP contribution in [0.15, 0.2) is 46.0 Å². The highest BCUT2D eigenvalue weighted by Crippen LogP contribution is 2.35. The van der Waals surface area contributed by atoms with Crippen LogP contribution in [0.3, 0.4) is 0 Å². The first-order valence-corrected chi connectivity index (χ1v) is 10.4. The minimum absolute atomic E-state index is 0.0616. The Hall–Kier alpha value is -2.80. The molecule has 0 saturated carbocycles. The molecule has 0 unspecified atom stereocenters. The second kappa shape index (κ2) is 8.29. The van der Waals surface area contributed by atoms with E-state index in [0.29, 0.717) is 28.2 Å². The van der Waals surface area contributed by atoms with Crippen LogP contribution in [0.2, 0.25) is 0 Å². The van der Waals surface area contributed by atoms with Gasteiger partial charge < -0.3 is 13.9 Å². The number of rotatable bonds is 7. The van der Waals surface area contributed by atoms with Gasteiger partial charge in [-0.3, -0.25) is 4.79 Å². The van der Waals surface area contributed by atoms with Crippen molar-refractivity contribution in [1.82, 2.24) is 10.2 Å². The molecule has 150 valence electrons. The smallest absolute Gasteiger partial charge is 0.277 e. The van der Waals surface area contributed by atoms with Crippen LogP contribution in [0, 0.1) is 0 Å². The van der Waals surface area contributed by atoms with E-state index in [9.17, 15) is 4.79 Å². The molecule has 1 aliphatic rings. The number of ether oxygens (including phenoxy) is 2. The van der Waals surface area contributed by atoms with Crippen molar-refractivity contribution in [2.45, 2.75) is 36.7 Å². The normalized spacial score (nSPS) is 13.8. The van der Waals surface area contributed by atoms with Crippen LogP contribution < -0.4 is 9.47 Å². The van der Waals surface area contributed by atoms with Crippen molar-refractivity contribution in [2.75, 3.05) is 14.2 Å². The number of aryl methyl sites for hydroxylation is 2. The summed E-state index contributed by atoms with van der Waals surface area (Å²) < 4.78 is 16.4. The molecule has 3 aromatic rings. The van der Waals surface area contributed by atoms with Crippen LogP contribution in [0.4, 0.5) is 0 Å². The number of fused-ring (bicyclic) bond motifs is 1. The van der Waals surface area contributed by atoms with E-state index in [4.69, 9.17) is 13.9 Å². The fourth-order valence-corrected chi connectivity index (χ4v) is 4.27. The fraction of sp³-hybridized carbons (Fsp3) is 0.318. The van der Waals surface area contributed by atoms with Gasteiger partial charge in [0.05, 0.1) is 25.0 Å². The quantitative estimate of drug-likeness (QED) is 0.416. The lowest BCUT2D eigenvalue weighted by atomic mass is 10.0. The first kappa shape index (κ1) is 19.5. The number of carbonyl (C=O) groups excluding carboxylic acids is 1. The number of methoxy groups -OCH3 is 2. The summed E-state index contributed by atoms with van der Waals surface area (Å²) in [4.78, 5) is 12.9. The zero-order valence-corrected chi connectivity index (χ0v) is 17.4. The molecule has 7 heteroatoms. The largest absolute Gasteiger partial charge is 0.497 e. The molecular weight excluding hydrogens is 388 g/mol. The molecule has 1 aliphatic carbocycles. The van der Waals surface area contributed by atoms with Crippen LogP contribution >= 0.6 is 11.8 Å². The van der Waals surface area contributed by atoms with Crippen molar-refractivity contribution in [3.05, 3.63) is 53.1 Å². The van der Waals surface area contributed by atoms with E-state index in [1.807, 2.05) is 19.1 Å². The van der Waals surface area contributed by atoms with E-state index in [-0.39, 0.29) is 11.0 Å². The van der Waals surface area contributed by atoms with E-state index in [1.165, 1.54) is 22.9 Å². The number of carbonyl (C=O) groups is 1. The maximum absolute atomic E-state index is 12.9. The number of nitrogens with zero attached hydrogens (tertiary/aromatic N) is 2. The summed E-state index contributed by atoms with van der Waals surface area (Å²) in [6.45, 7) is 1.86. The third-order valence-electron chi connectivity index (χ3n) is 5.08. The number of hydrogen-bond donors (Lipinski definition) is 0. The van der Waals surface area contributed by atoms with Gasteiger partial charge in [-0.1, -0.05) is 23.9 Å². The van der Waals surface area contributed by atoms with Gasteiger partial charge in [0.2, 0.25) is 0 Å². The third kappa shape index (κ3) is 4.00. The number of Topliss-reactive ketones (excluding diaryl/α,β-unsaturated/α-hetero) is 1. The standard InChI is InChI=1S/C22H22N2O4S/c1-13(20(25)16-8-7-14-5-4-6-15(14)11-16)29-22-24-23-21(28-22)18-10-9-17(26-2)12-19(18)27-3/h7-13H,4-6H2,1-3H3/t13-/m1/s1. The topological polar surface area (TPSA) is 74.5 Å². The SMILES string of the molecule is COc1ccc(-c2nnc(S[C@H](C)C(=O)c3ccc4c(c3)CCC4)o2)c(OC)c1. The van der Waals surface area contributed by atoms with Crippen molar-refractivity contribution in [3.63, 3.8) is 0 Å². The summed E-state index contributed by atoms with van der Waals surface area (Å²) >= 11 is 1.26. The first-order valence-electron chi connectivity index (χ1n) is 9.47. The average Bonchev–Trinajstić information content (AvgIpc) is 3.41. The van der Waals surface area contributed by atoms with Crippen LogP contribution in [0.25, 0.3) is 11.5 Å². The zero-order chi connectivity index (χ0) is 20.4. The van der Waals surface area contributed by atoms with Crippen molar-refractivity contribution < 1.29 is 18.7 Å². The van der Waals surface area contributed by atoms with Crippen molar-refractivity contribution in [2.24, 2.45) is 0 Å². The molecule has 0 amide bonds. The Labute approximate surface area is 173 Å². The summed E-state index contributed by atoms with van der Waals surface area (Å²) in [6.07, 6.45) is 3.32. The summed E-state index contributed by atoms with van der Waals surface area (Å²) in [6, 6.07) is 11.4. The van der Waals surface area contributed by atoms with Crippen molar-refractivity contribution >= 4 is 17.5 Å². The van der Waals surface area contributed by atoms with Crippen molar-refractivity contribution in [3.8, 4) is 23.0 Å². The summed E-state index contributed by atoms with van der Waals surface area (Å²) in [5, 5.41) is 8.22. The second-order valence-corrected chi connectivity index (χ2v) is 8.19.